The van der Waals surface area contributed by atoms with Crippen LogP contribution < -0.4 is 10.3 Å². The molecule has 3 rings (SSSR count). The van der Waals surface area contributed by atoms with E-state index in [-0.39, 0.29) is 16.8 Å². The minimum Gasteiger partial charge on any atom is -0.495 e. The number of hydrogen-bond acceptors (Lipinski definition) is 5. The van der Waals surface area contributed by atoms with Gasteiger partial charge >= 0.3 is 5.97 Å². The van der Waals surface area contributed by atoms with Crippen LogP contribution in [0.25, 0.3) is 11.1 Å². The summed E-state index contributed by atoms with van der Waals surface area (Å²) in [6.45, 7) is 8.96. The van der Waals surface area contributed by atoms with Gasteiger partial charge in [0.25, 0.3) is 5.56 Å². The van der Waals surface area contributed by atoms with Crippen LogP contribution in [0, 0.1) is 5.41 Å². The number of ketones is 1. The lowest BCUT2D eigenvalue weighted by atomic mass is 9.96. The number of rotatable bonds is 7. The van der Waals surface area contributed by atoms with Crippen LogP contribution in [0.3, 0.4) is 0 Å². The molecule has 7 heteroatoms. The highest BCUT2D eigenvalue weighted by Gasteiger charge is 2.43. The van der Waals surface area contributed by atoms with Crippen LogP contribution in [0.15, 0.2) is 35.3 Å². The lowest BCUT2D eigenvalue weighted by molar-refractivity contribution is -0.159. The lowest BCUT2D eigenvalue weighted by Gasteiger charge is -2.27. The van der Waals surface area contributed by atoms with Crippen molar-refractivity contribution in [1.29, 1.82) is 0 Å². The maximum Gasteiger partial charge on any atom is 0.329 e. The summed E-state index contributed by atoms with van der Waals surface area (Å²) in [6, 6.07) is 5.51. The van der Waals surface area contributed by atoms with Crippen molar-refractivity contribution in [3.63, 3.8) is 0 Å². The average molecular weight is 460 g/mol. The van der Waals surface area contributed by atoms with Crippen LogP contribution in [0.4, 0.5) is 0 Å². The number of Topliss-reactive ketones (excluding diaryl/α,β-unsaturated/α-hetero) is 1. The normalized spacial score (nSPS) is 15.7. The molecule has 0 radical (unpaired) electrons. The third kappa shape index (κ3) is 5.41. The number of aromatic nitrogens is 1. The van der Waals surface area contributed by atoms with E-state index < -0.39 is 17.6 Å². The van der Waals surface area contributed by atoms with Gasteiger partial charge in [-0.2, -0.15) is 0 Å². The molecule has 1 saturated carbocycles. The van der Waals surface area contributed by atoms with Gasteiger partial charge in [0, 0.05) is 22.2 Å². The van der Waals surface area contributed by atoms with E-state index in [0.29, 0.717) is 33.9 Å². The molecule has 1 heterocycles. The Balaban J connectivity index is 2.14. The molecule has 32 heavy (non-hydrogen) atoms. The highest BCUT2D eigenvalue weighted by atomic mass is 35.5. The van der Waals surface area contributed by atoms with Gasteiger partial charge in [0.2, 0.25) is 0 Å². The minimum atomic E-state index is -0.774. The smallest absolute Gasteiger partial charge is 0.329 e. The van der Waals surface area contributed by atoms with Crippen molar-refractivity contribution in [2.45, 2.75) is 65.5 Å². The summed E-state index contributed by atoms with van der Waals surface area (Å²) in [5.41, 5.74) is 0.331. The standard InChI is InChI=1S/C25H30ClNO5/c1-15(28)17-8-7-16(26)11-18(17)19-12-22(29)27(14-21(19)31-6)20(13-25(5)9-10-25)23(30)32-24(2,3)4/h7-8,11-12,14,20H,9-10,13H2,1-6H3. The first-order chi connectivity index (χ1) is 14.8. The molecule has 172 valence electrons. The summed E-state index contributed by atoms with van der Waals surface area (Å²) in [5.74, 6) is -0.241. The highest BCUT2D eigenvalue weighted by molar-refractivity contribution is 6.31. The Morgan fingerprint density at radius 3 is 2.38 bits per heavy atom. The molecule has 1 aliphatic carbocycles. The van der Waals surface area contributed by atoms with Gasteiger partial charge in [0.15, 0.2) is 5.78 Å². The predicted molar refractivity (Wildman–Crippen MR) is 125 cm³/mol. The third-order valence-electron chi connectivity index (χ3n) is 5.72. The van der Waals surface area contributed by atoms with Gasteiger partial charge in [-0.25, -0.2) is 4.79 Å². The second kappa shape index (κ2) is 8.74. The van der Waals surface area contributed by atoms with Crippen LogP contribution >= 0.6 is 11.6 Å². The van der Waals surface area contributed by atoms with Crippen molar-refractivity contribution >= 4 is 23.4 Å². The molecule has 1 aliphatic rings. The fourth-order valence-corrected chi connectivity index (χ4v) is 3.91. The second-order valence-electron chi connectivity index (χ2n) is 9.81. The number of halogens is 1. The zero-order valence-corrected chi connectivity index (χ0v) is 20.2. The zero-order chi connectivity index (χ0) is 23.8. The van der Waals surface area contributed by atoms with Crippen LogP contribution in [0.1, 0.15) is 70.3 Å². The van der Waals surface area contributed by atoms with Crippen molar-refractivity contribution in [3.05, 3.63) is 51.4 Å². The monoisotopic (exact) mass is 459 g/mol. The summed E-state index contributed by atoms with van der Waals surface area (Å²) in [5, 5.41) is 0.435. The average Bonchev–Trinajstić information content (AvgIpc) is 3.41. The second-order valence-corrected chi connectivity index (χ2v) is 10.2. The molecule has 1 aromatic carbocycles. The lowest BCUT2D eigenvalue weighted by Crippen LogP contribution is -2.36. The molecule has 1 fully saturated rings. The third-order valence-corrected chi connectivity index (χ3v) is 5.95. The van der Waals surface area contributed by atoms with Gasteiger partial charge in [-0.05, 0) is 76.1 Å². The maximum absolute atomic E-state index is 13.2. The van der Waals surface area contributed by atoms with E-state index in [1.54, 1.807) is 39.0 Å². The molecular formula is C25H30ClNO5. The Labute approximate surface area is 193 Å². The van der Waals surface area contributed by atoms with Gasteiger partial charge in [0.1, 0.15) is 17.4 Å². The first-order valence-corrected chi connectivity index (χ1v) is 11.1. The number of carbonyl (C=O) groups is 2. The number of ether oxygens (including phenoxy) is 2. The highest BCUT2D eigenvalue weighted by Crippen LogP contribution is 2.51. The van der Waals surface area contributed by atoms with Crippen LogP contribution in [0.5, 0.6) is 5.75 Å². The molecule has 0 bridgehead atoms. The van der Waals surface area contributed by atoms with Crippen molar-refractivity contribution in [2.24, 2.45) is 5.41 Å². The minimum absolute atomic E-state index is 0.00166. The van der Waals surface area contributed by atoms with Crippen LogP contribution in [0.2, 0.25) is 5.02 Å². The van der Waals surface area contributed by atoms with Gasteiger partial charge in [-0.3, -0.25) is 14.2 Å². The summed E-state index contributed by atoms with van der Waals surface area (Å²) in [4.78, 5) is 38.5. The Hall–Kier alpha value is -2.60. The van der Waals surface area contributed by atoms with Crippen molar-refractivity contribution in [2.75, 3.05) is 7.11 Å². The van der Waals surface area contributed by atoms with E-state index in [9.17, 15) is 14.4 Å². The van der Waals surface area contributed by atoms with Gasteiger partial charge in [0.05, 0.1) is 13.3 Å². The largest absolute Gasteiger partial charge is 0.495 e. The molecule has 2 aromatic rings. The van der Waals surface area contributed by atoms with Gasteiger partial charge in [-0.1, -0.05) is 18.5 Å². The summed E-state index contributed by atoms with van der Waals surface area (Å²) in [7, 11) is 1.48. The maximum atomic E-state index is 13.2. The molecule has 1 atom stereocenters. The SMILES string of the molecule is COc1cn(C(CC2(C)CC2)C(=O)OC(C)(C)C)c(=O)cc1-c1cc(Cl)ccc1C(C)=O. The molecular weight excluding hydrogens is 430 g/mol. The quantitative estimate of drug-likeness (QED) is 0.406. The number of pyridine rings is 1. The van der Waals surface area contributed by atoms with Gasteiger partial charge in [-0.15, -0.1) is 0 Å². The molecule has 0 spiro atoms. The van der Waals surface area contributed by atoms with Crippen molar-refractivity contribution in [1.82, 2.24) is 4.57 Å². The van der Waals surface area contributed by atoms with Crippen LogP contribution in [-0.4, -0.2) is 29.0 Å². The Morgan fingerprint density at radius 2 is 1.84 bits per heavy atom. The number of hydrogen-bond donors (Lipinski definition) is 0. The number of esters is 1. The summed E-state index contributed by atoms with van der Waals surface area (Å²) < 4.78 is 12.6. The Bertz CT molecular complexity index is 1110. The molecule has 1 unspecified atom stereocenters. The first-order valence-electron chi connectivity index (χ1n) is 10.7. The molecule has 0 saturated heterocycles. The predicted octanol–water partition coefficient (Wildman–Crippen LogP) is 5.45. The zero-order valence-electron chi connectivity index (χ0n) is 19.5. The molecule has 0 aliphatic heterocycles. The van der Waals surface area contributed by atoms with E-state index in [1.165, 1.54) is 30.9 Å². The topological polar surface area (TPSA) is 74.6 Å². The Morgan fingerprint density at radius 1 is 1.19 bits per heavy atom. The van der Waals surface area contributed by atoms with Crippen molar-refractivity contribution in [3.8, 4) is 16.9 Å². The first kappa shape index (κ1) is 24.1. The molecule has 0 amide bonds. The fourth-order valence-electron chi connectivity index (χ4n) is 3.74. The molecule has 6 nitrogen and oxygen atoms in total. The summed E-state index contributed by atoms with van der Waals surface area (Å²) >= 11 is 6.17. The van der Waals surface area contributed by atoms with E-state index >= 15 is 0 Å². The van der Waals surface area contributed by atoms with E-state index in [0.717, 1.165) is 12.8 Å². The van der Waals surface area contributed by atoms with E-state index in [4.69, 9.17) is 21.1 Å². The number of benzene rings is 1. The van der Waals surface area contributed by atoms with Crippen molar-refractivity contribution < 1.29 is 19.1 Å². The van der Waals surface area contributed by atoms with Crippen LogP contribution in [-0.2, 0) is 9.53 Å². The van der Waals surface area contributed by atoms with E-state index in [1.807, 2.05) is 0 Å². The number of nitrogens with zero attached hydrogens (tertiary/aromatic N) is 1. The number of carbonyl (C=O) groups excluding carboxylic acids is 2. The Kier molecular flexibility index (Phi) is 6.57. The van der Waals surface area contributed by atoms with E-state index in [2.05, 4.69) is 6.92 Å². The fraction of sp³-hybridized carbons (Fsp3) is 0.480. The molecule has 0 N–H and O–H groups in total. The number of methoxy groups -OCH3 is 1. The summed E-state index contributed by atoms with van der Waals surface area (Å²) in [6.07, 6.45) is 4.03. The van der Waals surface area contributed by atoms with Gasteiger partial charge < -0.3 is 9.47 Å². The molecule has 1 aromatic heterocycles.